The molecule has 0 radical (unpaired) electrons. The lowest BCUT2D eigenvalue weighted by molar-refractivity contribution is 0.240. The van der Waals surface area contributed by atoms with Gasteiger partial charge in [0.1, 0.15) is 5.75 Å². The molecule has 1 heterocycles. The zero-order valence-corrected chi connectivity index (χ0v) is 10.7. The molecule has 1 aliphatic carbocycles. The maximum atomic E-state index is 5.74. The largest absolute Gasteiger partial charge is 0.483 e. The Morgan fingerprint density at radius 1 is 1.32 bits per heavy atom. The van der Waals surface area contributed by atoms with E-state index >= 15 is 0 Å². The van der Waals surface area contributed by atoms with Crippen molar-refractivity contribution in [3.8, 4) is 5.75 Å². The van der Waals surface area contributed by atoms with E-state index < -0.39 is 0 Å². The van der Waals surface area contributed by atoms with Gasteiger partial charge < -0.3 is 15.0 Å². The first-order valence-corrected chi connectivity index (χ1v) is 6.60. The van der Waals surface area contributed by atoms with Crippen molar-refractivity contribution in [3.05, 3.63) is 41.5 Å². The molecule has 1 fully saturated rings. The Kier molecular flexibility index (Phi) is 3.46. The zero-order chi connectivity index (χ0) is 13.1. The highest BCUT2D eigenvalue weighted by atomic mass is 16.5. The molecule has 3 rings (SSSR count). The predicted molar refractivity (Wildman–Crippen MR) is 69.8 cm³/mol. The highest BCUT2D eigenvalue weighted by molar-refractivity contribution is 5.33. The summed E-state index contributed by atoms with van der Waals surface area (Å²) in [5, 5.41) is 3.96. The maximum absolute atomic E-state index is 5.74. The van der Waals surface area contributed by atoms with Gasteiger partial charge in [0.05, 0.1) is 0 Å². The number of hydrogen-bond acceptors (Lipinski definition) is 5. The molecule has 2 aromatic rings. The van der Waals surface area contributed by atoms with Crippen LogP contribution in [-0.2, 0) is 13.0 Å². The van der Waals surface area contributed by atoms with Crippen LogP contribution in [0.5, 0.6) is 5.75 Å². The number of aromatic nitrogens is 2. The molecule has 1 saturated carbocycles. The van der Waals surface area contributed by atoms with E-state index in [0.717, 1.165) is 23.6 Å². The van der Waals surface area contributed by atoms with Gasteiger partial charge in [-0.15, -0.1) is 0 Å². The SMILES string of the molecule is NCCc1ccccc1OCc1nc(C2CC2)no1. The molecule has 0 amide bonds. The Balaban J connectivity index is 1.64. The molecule has 2 N–H and O–H groups in total. The van der Waals surface area contributed by atoms with Crippen LogP contribution in [0, 0.1) is 0 Å². The first kappa shape index (κ1) is 12.2. The van der Waals surface area contributed by atoms with E-state index in [1.807, 2.05) is 24.3 Å². The van der Waals surface area contributed by atoms with Crippen LogP contribution in [0.2, 0.25) is 0 Å². The Morgan fingerprint density at radius 2 is 2.16 bits per heavy atom. The predicted octanol–water partition coefficient (Wildman–Crippen LogP) is 2.03. The lowest BCUT2D eigenvalue weighted by Gasteiger charge is -2.08. The summed E-state index contributed by atoms with van der Waals surface area (Å²) in [5.74, 6) is 2.68. The number of ether oxygens (including phenoxy) is 1. The van der Waals surface area contributed by atoms with Gasteiger partial charge in [0.15, 0.2) is 12.4 Å². The molecule has 100 valence electrons. The fraction of sp³-hybridized carbons (Fsp3) is 0.429. The van der Waals surface area contributed by atoms with Crippen molar-refractivity contribution < 1.29 is 9.26 Å². The Morgan fingerprint density at radius 3 is 2.95 bits per heavy atom. The van der Waals surface area contributed by atoms with Gasteiger partial charge in [-0.1, -0.05) is 23.4 Å². The van der Waals surface area contributed by atoms with Crippen molar-refractivity contribution in [1.29, 1.82) is 0 Å². The van der Waals surface area contributed by atoms with Gasteiger partial charge >= 0.3 is 0 Å². The molecular weight excluding hydrogens is 242 g/mol. The second kappa shape index (κ2) is 5.40. The number of para-hydroxylation sites is 1. The van der Waals surface area contributed by atoms with E-state index in [-0.39, 0.29) is 0 Å². The summed E-state index contributed by atoms with van der Waals surface area (Å²) in [6, 6.07) is 7.88. The summed E-state index contributed by atoms with van der Waals surface area (Å²) in [7, 11) is 0. The fourth-order valence-electron chi connectivity index (χ4n) is 1.98. The van der Waals surface area contributed by atoms with Crippen molar-refractivity contribution in [2.24, 2.45) is 5.73 Å². The van der Waals surface area contributed by atoms with Crippen molar-refractivity contribution in [1.82, 2.24) is 10.1 Å². The summed E-state index contributed by atoms with van der Waals surface area (Å²) in [6.45, 7) is 0.911. The average molecular weight is 259 g/mol. The van der Waals surface area contributed by atoms with Gasteiger partial charge in [0.25, 0.3) is 5.89 Å². The van der Waals surface area contributed by atoms with Crippen molar-refractivity contribution >= 4 is 0 Å². The topological polar surface area (TPSA) is 74.2 Å². The van der Waals surface area contributed by atoms with Gasteiger partial charge in [-0.3, -0.25) is 0 Å². The summed E-state index contributed by atoms with van der Waals surface area (Å²) in [5.41, 5.74) is 6.69. The quantitative estimate of drug-likeness (QED) is 0.859. The number of nitrogens with zero attached hydrogens (tertiary/aromatic N) is 2. The normalized spacial score (nSPS) is 14.6. The summed E-state index contributed by atoms with van der Waals surface area (Å²) in [6.07, 6.45) is 3.13. The number of hydrogen-bond donors (Lipinski definition) is 1. The van der Waals surface area contributed by atoms with Crippen LogP contribution in [0.4, 0.5) is 0 Å². The van der Waals surface area contributed by atoms with Crippen LogP contribution >= 0.6 is 0 Å². The minimum absolute atomic E-state index is 0.307. The molecule has 0 saturated heterocycles. The van der Waals surface area contributed by atoms with Crippen LogP contribution in [0.15, 0.2) is 28.8 Å². The zero-order valence-electron chi connectivity index (χ0n) is 10.7. The van der Waals surface area contributed by atoms with Gasteiger partial charge in [-0.2, -0.15) is 4.98 Å². The van der Waals surface area contributed by atoms with E-state index in [0.29, 0.717) is 25.0 Å². The minimum Gasteiger partial charge on any atom is -0.483 e. The second-order valence-corrected chi connectivity index (χ2v) is 4.76. The maximum Gasteiger partial charge on any atom is 0.264 e. The molecular formula is C14H17N3O2. The van der Waals surface area contributed by atoms with Gasteiger partial charge in [0.2, 0.25) is 0 Å². The summed E-state index contributed by atoms with van der Waals surface area (Å²) < 4.78 is 10.9. The molecule has 0 unspecified atom stereocenters. The molecule has 0 aliphatic heterocycles. The molecule has 0 atom stereocenters. The third-order valence-corrected chi connectivity index (χ3v) is 3.16. The Bertz CT molecular complexity index is 549. The van der Waals surface area contributed by atoms with Crippen LogP contribution < -0.4 is 10.5 Å². The van der Waals surface area contributed by atoms with Crippen molar-refractivity contribution in [2.75, 3.05) is 6.54 Å². The highest BCUT2D eigenvalue weighted by Crippen LogP contribution is 2.38. The summed E-state index contributed by atoms with van der Waals surface area (Å²) >= 11 is 0. The van der Waals surface area contributed by atoms with Crippen LogP contribution in [-0.4, -0.2) is 16.7 Å². The van der Waals surface area contributed by atoms with E-state index in [2.05, 4.69) is 10.1 Å². The smallest absolute Gasteiger partial charge is 0.264 e. The van der Waals surface area contributed by atoms with Crippen LogP contribution in [0.25, 0.3) is 0 Å². The monoisotopic (exact) mass is 259 g/mol. The van der Waals surface area contributed by atoms with Gasteiger partial charge in [0, 0.05) is 5.92 Å². The fourth-order valence-corrected chi connectivity index (χ4v) is 1.98. The first-order valence-electron chi connectivity index (χ1n) is 6.60. The third kappa shape index (κ3) is 2.93. The van der Waals surface area contributed by atoms with E-state index in [1.54, 1.807) is 0 Å². The molecule has 0 spiro atoms. The number of rotatable bonds is 6. The number of nitrogens with two attached hydrogens (primary N) is 1. The van der Waals surface area contributed by atoms with Crippen molar-refractivity contribution in [3.63, 3.8) is 0 Å². The average Bonchev–Trinajstić information content (AvgIpc) is 3.18. The molecule has 1 aromatic heterocycles. The molecule has 1 aliphatic rings. The Labute approximate surface area is 111 Å². The molecule has 19 heavy (non-hydrogen) atoms. The van der Waals surface area contributed by atoms with Gasteiger partial charge in [-0.25, -0.2) is 0 Å². The van der Waals surface area contributed by atoms with Crippen LogP contribution in [0.3, 0.4) is 0 Å². The van der Waals surface area contributed by atoms with E-state index in [4.69, 9.17) is 15.0 Å². The van der Waals surface area contributed by atoms with E-state index in [1.165, 1.54) is 12.8 Å². The lowest BCUT2D eigenvalue weighted by Crippen LogP contribution is -2.05. The van der Waals surface area contributed by atoms with Gasteiger partial charge in [-0.05, 0) is 37.4 Å². The minimum atomic E-state index is 0.307. The molecule has 1 aromatic carbocycles. The highest BCUT2D eigenvalue weighted by Gasteiger charge is 2.28. The molecule has 5 heteroatoms. The third-order valence-electron chi connectivity index (χ3n) is 3.16. The second-order valence-electron chi connectivity index (χ2n) is 4.76. The number of benzene rings is 1. The molecule has 0 bridgehead atoms. The lowest BCUT2D eigenvalue weighted by atomic mass is 10.1. The van der Waals surface area contributed by atoms with Crippen LogP contribution in [0.1, 0.15) is 36.0 Å². The standard InChI is InChI=1S/C14H17N3O2/c15-8-7-10-3-1-2-4-12(10)18-9-13-16-14(17-19-13)11-5-6-11/h1-4,11H,5-9,15H2. The Hall–Kier alpha value is -1.88. The van der Waals surface area contributed by atoms with Crippen molar-refractivity contribution in [2.45, 2.75) is 31.8 Å². The van der Waals surface area contributed by atoms with E-state index in [9.17, 15) is 0 Å². The molecule has 5 nitrogen and oxygen atoms in total. The first-order chi connectivity index (χ1) is 9.36. The summed E-state index contributed by atoms with van der Waals surface area (Å²) in [4.78, 5) is 4.34.